The number of amides is 1. The minimum absolute atomic E-state index is 0.0281. The summed E-state index contributed by atoms with van der Waals surface area (Å²) in [6.45, 7) is 0. The lowest BCUT2D eigenvalue weighted by molar-refractivity contribution is -0.113. The van der Waals surface area contributed by atoms with Gasteiger partial charge in [-0.25, -0.2) is 0 Å². The molecule has 0 bridgehead atoms. The lowest BCUT2D eigenvalue weighted by atomic mass is 10.3. The molecular formula is C21H17N3O4S2. The van der Waals surface area contributed by atoms with Crippen LogP contribution in [0.4, 0.5) is 5.00 Å². The first-order chi connectivity index (χ1) is 14.5. The predicted molar refractivity (Wildman–Crippen MR) is 119 cm³/mol. The van der Waals surface area contributed by atoms with E-state index >= 15 is 0 Å². The number of hydrogen-bond donors (Lipinski definition) is 2. The summed E-state index contributed by atoms with van der Waals surface area (Å²) in [7, 11) is 1.56. The molecule has 0 aliphatic heterocycles. The molecule has 0 saturated heterocycles. The Bertz CT molecular complexity index is 1230. The van der Waals surface area contributed by atoms with Crippen molar-refractivity contribution in [2.75, 3.05) is 18.2 Å². The fraction of sp³-hybridized carbons (Fsp3) is 0.0952. The SMILES string of the molecule is COc1ccc(-n2c(SCC(=O)Nc3cc4ccccc4s3)nc(O)cc2=O)cc1. The number of methoxy groups -OCH3 is 1. The first kappa shape index (κ1) is 20.0. The summed E-state index contributed by atoms with van der Waals surface area (Å²) < 4.78 is 7.57. The Morgan fingerprint density at radius 2 is 1.97 bits per heavy atom. The van der Waals surface area contributed by atoms with E-state index in [1.54, 1.807) is 31.4 Å². The highest BCUT2D eigenvalue weighted by Crippen LogP contribution is 2.30. The Balaban J connectivity index is 1.53. The standard InChI is InChI=1S/C21H17N3O4S2/c1-28-15-8-6-14(7-9-15)24-20(27)11-17(25)23-21(24)29-12-18(26)22-19-10-13-4-2-3-5-16(13)30-19/h2-11,25H,12H2,1H3,(H,22,26). The fourth-order valence-corrected chi connectivity index (χ4v) is 4.66. The number of ether oxygens (including phenoxy) is 1. The molecule has 0 unspecified atom stereocenters. The number of aromatic hydroxyl groups is 1. The van der Waals surface area contributed by atoms with Gasteiger partial charge in [0.2, 0.25) is 11.8 Å². The number of nitrogens with zero attached hydrogens (tertiary/aromatic N) is 2. The van der Waals surface area contributed by atoms with Crippen LogP contribution < -0.4 is 15.6 Å². The van der Waals surface area contributed by atoms with Gasteiger partial charge in [0.1, 0.15) is 5.75 Å². The summed E-state index contributed by atoms with van der Waals surface area (Å²) in [5, 5.41) is 14.7. The molecule has 2 aromatic carbocycles. The van der Waals surface area contributed by atoms with Crippen molar-refractivity contribution in [2.45, 2.75) is 5.16 Å². The van der Waals surface area contributed by atoms with E-state index in [0.29, 0.717) is 11.4 Å². The zero-order valence-electron chi connectivity index (χ0n) is 15.9. The molecule has 152 valence electrons. The third kappa shape index (κ3) is 4.32. The van der Waals surface area contributed by atoms with Gasteiger partial charge in [0.15, 0.2) is 5.16 Å². The lowest BCUT2D eigenvalue weighted by Crippen LogP contribution is -2.21. The normalized spacial score (nSPS) is 10.8. The van der Waals surface area contributed by atoms with Crippen molar-refractivity contribution in [3.8, 4) is 17.3 Å². The zero-order chi connectivity index (χ0) is 21.1. The van der Waals surface area contributed by atoms with Crippen LogP contribution in [0, 0.1) is 0 Å². The maximum Gasteiger partial charge on any atom is 0.262 e. The molecule has 9 heteroatoms. The predicted octanol–water partition coefficient (Wildman–Crippen LogP) is 3.89. The second kappa shape index (κ2) is 8.60. The average molecular weight is 440 g/mol. The van der Waals surface area contributed by atoms with Crippen LogP contribution in [0.25, 0.3) is 15.8 Å². The van der Waals surface area contributed by atoms with E-state index in [2.05, 4.69) is 10.3 Å². The first-order valence-corrected chi connectivity index (χ1v) is 10.7. The molecule has 0 fully saturated rings. The highest BCUT2D eigenvalue weighted by Gasteiger charge is 2.14. The van der Waals surface area contributed by atoms with Gasteiger partial charge in [0, 0.05) is 4.70 Å². The Kier molecular flexibility index (Phi) is 5.73. The van der Waals surface area contributed by atoms with E-state index in [9.17, 15) is 14.7 Å². The summed E-state index contributed by atoms with van der Waals surface area (Å²) in [5.41, 5.74) is 0.112. The van der Waals surface area contributed by atoms with Crippen LogP contribution in [-0.4, -0.2) is 33.4 Å². The molecular weight excluding hydrogens is 422 g/mol. The van der Waals surface area contributed by atoms with Crippen LogP contribution in [-0.2, 0) is 4.79 Å². The topological polar surface area (TPSA) is 93.4 Å². The number of thiophene rings is 1. The maximum atomic E-state index is 12.5. The molecule has 2 aromatic heterocycles. The number of fused-ring (bicyclic) bond motifs is 1. The van der Waals surface area contributed by atoms with Gasteiger partial charge in [0.05, 0.1) is 29.6 Å². The highest BCUT2D eigenvalue weighted by molar-refractivity contribution is 7.99. The highest BCUT2D eigenvalue weighted by atomic mass is 32.2. The monoisotopic (exact) mass is 439 g/mol. The number of thioether (sulfide) groups is 1. The Morgan fingerprint density at radius 3 is 2.70 bits per heavy atom. The number of benzene rings is 2. The van der Waals surface area contributed by atoms with Gasteiger partial charge < -0.3 is 15.2 Å². The number of nitrogens with one attached hydrogen (secondary N) is 1. The molecule has 0 aliphatic rings. The van der Waals surface area contributed by atoms with E-state index < -0.39 is 11.4 Å². The van der Waals surface area contributed by atoms with Crippen molar-refractivity contribution in [1.82, 2.24) is 9.55 Å². The fourth-order valence-electron chi connectivity index (χ4n) is 2.86. The molecule has 4 rings (SSSR count). The summed E-state index contributed by atoms with van der Waals surface area (Å²) in [6, 6.07) is 17.7. The molecule has 2 heterocycles. The van der Waals surface area contributed by atoms with Crippen LogP contribution in [0.5, 0.6) is 11.6 Å². The van der Waals surface area contributed by atoms with Crippen LogP contribution in [0.1, 0.15) is 0 Å². The zero-order valence-corrected chi connectivity index (χ0v) is 17.5. The third-order valence-corrected chi connectivity index (χ3v) is 6.20. The van der Waals surface area contributed by atoms with E-state index in [1.807, 2.05) is 30.3 Å². The molecule has 2 N–H and O–H groups in total. The Hall–Kier alpha value is -3.30. The molecule has 0 atom stereocenters. The molecule has 0 saturated carbocycles. The number of carbonyl (C=O) groups is 1. The number of hydrogen-bond acceptors (Lipinski definition) is 7. The summed E-state index contributed by atoms with van der Waals surface area (Å²) in [5.74, 6) is 0.0540. The maximum absolute atomic E-state index is 12.5. The molecule has 30 heavy (non-hydrogen) atoms. The summed E-state index contributed by atoms with van der Waals surface area (Å²) >= 11 is 2.56. The van der Waals surface area contributed by atoms with Crippen LogP contribution in [0.3, 0.4) is 0 Å². The van der Waals surface area contributed by atoms with Crippen molar-refractivity contribution in [3.05, 3.63) is 71.0 Å². The number of anilines is 1. The number of aromatic nitrogens is 2. The van der Waals surface area contributed by atoms with Crippen LogP contribution >= 0.6 is 23.1 Å². The van der Waals surface area contributed by atoms with E-state index in [0.717, 1.165) is 32.9 Å². The van der Waals surface area contributed by atoms with Crippen LogP contribution in [0.2, 0.25) is 0 Å². The van der Waals surface area contributed by atoms with E-state index in [1.165, 1.54) is 15.9 Å². The van der Waals surface area contributed by atoms with Gasteiger partial charge in [-0.1, -0.05) is 30.0 Å². The van der Waals surface area contributed by atoms with Gasteiger partial charge in [0.25, 0.3) is 5.56 Å². The first-order valence-electron chi connectivity index (χ1n) is 8.92. The van der Waals surface area contributed by atoms with Gasteiger partial charge in [-0.05, 0) is 41.8 Å². The minimum Gasteiger partial charge on any atom is -0.497 e. The van der Waals surface area contributed by atoms with Gasteiger partial charge in [-0.2, -0.15) is 4.98 Å². The van der Waals surface area contributed by atoms with E-state index in [4.69, 9.17) is 4.74 Å². The van der Waals surface area contributed by atoms with Crippen molar-refractivity contribution < 1.29 is 14.6 Å². The number of carbonyl (C=O) groups excluding carboxylic acids is 1. The molecule has 0 spiro atoms. The van der Waals surface area contributed by atoms with Gasteiger partial charge in [-0.3, -0.25) is 14.2 Å². The molecule has 0 aliphatic carbocycles. The van der Waals surface area contributed by atoms with Crippen molar-refractivity contribution >= 4 is 44.1 Å². The van der Waals surface area contributed by atoms with Gasteiger partial charge in [-0.15, -0.1) is 11.3 Å². The molecule has 4 aromatic rings. The van der Waals surface area contributed by atoms with E-state index in [-0.39, 0.29) is 16.8 Å². The van der Waals surface area contributed by atoms with Crippen molar-refractivity contribution in [1.29, 1.82) is 0 Å². The van der Waals surface area contributed by atoms with Crippen molar-refractivity contribution in [3.63, 3.8) is 0 Å². The van der Waals surface area contributed by atoms with Gasteiger partial charge >= 0.3 is 0 Å². The smallest absolute Gasteiger partial charge is 0.262 e. The lowest BCUT2D eigenvalue weighted by Gasteiger charge is -2.12. The molecule has 0 radical (unpaired) electrons. The van der Waals surface area contributed by atoms with Crippen molar-refractivity contribution in [2.24, 2.45) is 0 Å². The number of rotatable bonds is 6. The Morgan fingerprint density at radius 1 is 1.20 bits per heavy atom. The molecule has 7 nitrogen and oxygen atoms in total. The summed E-state index contributed by atoms with van der Waals surface area (Å²) in [6.07, 6.45) is 0. The minimum atomic E-state index is -0.444. The second-order valence-electron chi connectivity index (χ2n) is 6.25. The average Bonchev–Trinajstić information content (AvgIpc) is 3.14. The quantitative estimate of drug-likeness (QED) is 0.350. The Labute approximate surface area is 180 Å². The summed E-state index contributed by atoms with van der Waals surface area (Å²) in [4.78, 5) is 29.0. The molecule has 1 amide bonds. The third-order valence-electron chi connectivity index (χ3n) is 4.23. The van der Waals surface area contributed by atoms with Crippen LogP contribution in [0.15, 0.2) is 70.6 Å². The largest absolute Gasteiger partial charge is 0.497 e. The second-order valence-corrected chi connectivity index (χ2v) is 8.28.